The highest BCUT2D eigenvalue weighted by Crippen LogP contribution is 2.38. The lowest BCUT2D eigenvalue weighted by Gasteiger charge is -2.14. The Hall–Kier alpha value is -4.08. The highest BCUT2D eigenvalue weighted by Gasteiger charge is 2.21. The fourth-order valence-corrected chi connectivity index (χ4v) is 2.85. The van der Waals surface area contributed by atoms with E-state index < -0.39 is 18.0 Å². The van der Waals surface area contributed by atoms with Gasteiger partial charge in [0.1, 0.15) is 6.54 Å². The van der Waals surface area contributed by atoms with Crippen LogP contribution < -0.4 is 19.5 Å². The molecule has 1 atom stereocenters. The topological polar surface area (TPSA) is 122 Å². The van der Waals surface area contributed by atoms with Crippen molar-refractivity contribution in [2.24, 2.45) is 0 Å². The number of carbonyl (C=O) groups excluding carboxylic acids is 2. The number of methoxy groups -OCH3 is 3. The normalized spacial score (nSPS) is 11.4. The third-order valence-electron chi connectivity index (χ3n) is 4.44. The summed E-state index contributed by atoms with van der Waals surface area (Å²) in [6.07, 6.45) is -0.787. The summed E-state index contributed by atoms with van der Waals surface area (Å²) in [5, 5.41) is 10.4. The smallest absolute Gasteiger partial charge is 0.326 e. The van der Waals surface area contributed by atoms with Crippen molar-refractivity contribution in [1.82, 2.24) is 15.5 Å². The highest BCUT2D eigenvalue weighted by molar-refractivity contribution is 5.97. The van der Waals surface area contributed by atoms with Gasteiger partial charge in [0.15, 0.2) is 17.6 Å². The van der Waals surface area contributed by atoms with Crippen molar-refractivity contribution in [3.63, 3.8) is 0 Å². The molecule has 3 aromatic rings. The molecule has 0 saturated heterocycles. The molecule has 0 radical (unpaired) electrons. The molecule has 168 valence electrons. The van der Waals surface area contributed by atoms with Crippen LogP contribution in [0.25, 0.3) is 11.5 Å². The molecule has 1 unspecified atom stereocenters. The maximum absolute atomic E-state index is 12.5. The van der Waals surface area contributed by atoms with Gasteiger partial charge < -0.3 is 28.7 Å². The fraction of sp³-hybridized carbons (Fsp3) is 0.273. The van der Waals surface area contributed by atoms with Crippen LogP contribution in [0.4, 0.5) is 0 Å². The summed E-state index contributed by atoms with van der Waals surface area (Å²) in [5.74, 6) is 0.273. The lowest BCUT2D eigenvalue weighted by Crippen LogP contribution is -2.31. The van der Waals surface area contributed by atoms with Gasteiger partial charge in [-0.15, -0.1) is 10.2 Å². The highest BCUT2D eigenvalue weighted by atomic mass is 16.6. The van der Waals surface area contributed by atoms with E-state index in [1.54, 1.807) is 6.92 Å². The van der Waals surface area contributed by atoms with Crippen molar-refractivity contribution < 1.29 is 33.0 Å². The van der Waals surface area contributed by atoms with Crippen LogP contribution in [0.15, 0.2) is 46.9 Å². The van der Waals surface area contributed by atoms with Gasteiger partial charge in [-0.2, -0.15) is 0 Å². The fourth-order valence-electron chi connectivity index (χ4n) is 2.85. The van der Waals surface area contributed by atoms with Crippen molar-refractivity contribution in [3.05, 3.63) is 53.9 Å². The van der Waals surface area contributed by atoms with E-state index in [1.165, 1.54) is 33.5 Å². The molecule has 1 aromatic heterocycles. The lowest BCUT2D eigenvalue weighted by molar-refractivity contribution is -0.148. The Kier molecular flexibility index (Phi) is 7.27. The minimum absolute atomic E-state index is 0.146. The maximum atomic E-state index is 12.5. The van der Waals surface area contributed by atoms with Gasteiger partial charge in [-0.1, -0.05) is 18.2 Å². The van der Waals surface area contributed by atoms with E-state index in [2.05, 4.69) is 15.5 Å². The van der Waals surface area contributed by atoms with Crippen LogP contribution >= 0.6 is 0 Å². The molecule has 0 aliphatic rings. The van der Waals surface area contributed by atoms with Gasteiger partial charge in [0.2, 0.25) is 11.6 Å². The minimum atomic E-state index is -0.787. The van der Waals surface area contributed by atoms with Crippen molar-refractivity contribution >= 4 is 11.9 Å². The third kappa shape index (κ3) is 5.15. The van der Waals surface area contributed by atoms with Gasteiger partial charge in [0.25, 0.3) is 11.8 Å². The van der Waals surface area contributed by atoms with E-state index >= 15 is 0 Å². The Morgan fingerprint density at radius 3 is 2.25 bits per heavy atom. The molecule has 0 aliphatic heterocycles. The number of ether oxygens (including phenoxy) is 4. The summed E-state index contributed by atoms with van der Waals surface area (Å²) in [7, 11) is 4.35. The standard InChI is InChI=1S/C22H23N3O7/c1-13(21-24-25-22(32-21)14-8-6-5-7-9-14)31-18(26)12-23-20(27)15-10-16(28-2)19(30-4)17(11-15)29-3/h5-11,13H,12H2,1-4H3,(H,23,27). The second-order valence-corrected chi connectivity index (χ2v) is 6.54. The molecule has 1 N–H and O–H groups in total. The maximum Gasteiger partial charge on any atom is 0.326 e. The van der Waals surface area contributed by atoms with Gasteiger partial charge in [-0.05, 0) is 31.2 Å². The van der Waals surface area contributed by atoms with Crippen LogP contribution in [0.5, 0.6) is 17.2 Å². The van der Waals surface area contributed by atoms with Crippen LogP contribution in [-0.2, 0) is 9.53 Å². The second-order valence-electron chi connectivity index (χ2n) is 6.54. The summed E-state index contributed by atoms with van der Waals surface area (Å²) in [6.45, 7) is 1.24. The summed E-state index contributed by atoms with van der Waals surface area (Å²) < 4.78 is 26.5. The summed E-state index contributed by atoms with van der Waals surface area (Å²) in [4.78, 5) is 24.7. The molecular weight excluding hydrogens is 418 g/mol. The van der Waals surface area contributed by atoms with E-state index in [9.17, 15) is 9.59 Å². The third-order valence-corrected chi connectivity index (χ3v) is 4.44. The number of aromatic nitrogens is 2. The van der Waals surface area contributed by atoms with Crippen molar-refractivity contribution in [2.75, 3.05) is 27.9 Å². The number of hydrogen-bond donors (Lipinski definition) is 1. The Labute approximate surface area is 184 Å². The minimum Gasteiger partial charge on any atom is -0.493 e. The van der Waals surface area contributed by atoms with Gasteiger partial charge in [-0.3, -0.25) is 9.59 Å². The van der Waals surface area contributed by atoms with E-state index in [1.807, 2.05) is 30.3 Å². The lowest BCUT2D eigenvalue weighted by atomic mass is 10.1. The number of esters is 1. The zero-order valence-corrected chi connectivity index (χ0v) is 18.1. The van der Waals surface area contributed by atoms with E-state index in [0.29, 0.717) is 23.1 Å². The Bertz CT molecular complexity index is 1060. The number of nitrogens with zero attached hydrogens (tertiary/aromatic N) is 2. The number of rotatable bonds is 9. The summed E-state index contributed by atoms with van der Waals surface area (Å²) in [6, 6.07) is 12.2. The Morgan fingerprint density at radius 1 is 1.00 bits per heavy atom. The summed E-state index contributed by atoms with van der Waals surface area (Å²) in [5.41, 5.74) is 0.979. The van der Waals surface area contributed by atoms with Crippen molar-refractivity contribution in [1.29, 1.82) is 0 Å². The molecule has 32 heavy (non-hydrogen) atoms. The van der Waals surface area contributed by atoms with Crippen LogP contribution in [0.3, 0.4) is 0 Å². The average Bonchev–Trinajstić information content (AvgIpc) is 3.32. The van der Waals surface area contributed by atoms with Crippen LogP contribution in [0.2, 0.25) is 0 Å². The largest absolute Gasteiger partial charge is 0.493 e. The summed E-state index contributed by atoms with van der Waals surface area (Å²) >= 11 is 0. The zero-order valence-electron chi connectivity index (χ0n) is 18.1. The van der Waals surface area contributed by atoms with E-state index in [0.717, 1.165) is 5.56 Å². The molecule has 0 spiro atoms. The monoisotopic (exact) mass is 441 g/mol. The first-order chi connectivity index (χ1) is 15.5. The number of benzene rings is 2. The van der Waals surface area contributed by atoms with Crippen molar-refractivity contribution in [3.8, 4) is 28.7 Å². The predicted octanol–water partition coefficient (Wildman–Crippen LogP) is 2.80. The first kappa shape index (κ1) is 22.6. The van der Waals surface area contributed by atoms with Crippen LogP contribution in [0, 0.1) is 0 Å². The average molecular weight is 441 g/mol. The van der Waals surface area contributed by atoms with Crippen LogP contribution in [-0.4, -0.2) is 49.9 Å². The molecule has 1 heterocycles. The SMILES string of the molecule is COc1cc(C(=O)NCC(=O)OC(C)c2nnc(-c3ccccc3)o2)cc(OC)c1OC. The number of amides is 1. The first-order valence-electron chi connectivity index (χ1n) is 9.63. The van der Waals surface area contributed by atoms with Gasteiger partial charge in [0, 0.05) is 11.1 Å². The number of nitrogens with one attached hydrogen (secondary N) is 1. The van der Waals surface area contributed by atoms with E-state index in [-0.39, 0.29) is 18.0 Å². The second kappa shape index (κ2) is 10.3. The van der Waals surface area contributed by atoms with Gasteiger partial charge in [0.05, 0.1) is 21.3 Å². The number of hydrogen-bond acceptors (Lipinski definition) is 9. The molecule has 0 saturated carbocycles. The van der Waals surface area contributed by atoms with E-state index in [4.69, 9.17) is 23.4 Å². The Balaban J connectivity index is 1.59. The van der Waals surface area contributed by atoms with Crippen molar-refractivity contribution in [2.45, 2.75) is 13.0 Å². The molecule has 0 bridgehead atoms. The Morgan fingerprint density at radius 2 is 1.66 bits per heavy atom. The molecule has 0 aliphatic carbocycles. The molecule has 0 fully saturated rings. The number of carbonyl (C=O) groups is 2. The quantitative estimate of drug-likeness (QED) is 0.499. The molecule has 10 heteroatoms. The first-order valence-corrected chi connectivity index (χ1v) is 9.63. The van der Waals surface area contributed by atoms with Gasteiger partial charge in [-0.25, -0.2) is 0 Å². The molecule has 10 nitrogen and oxygen atoms in total. The predicted molar refractivity (Wildman–Crippen MR) is 113 cm³/mol. The molecular formula is C22H23N3O7. The van der Waals surface area contributed by atoms with Gasteiger partial charge >= 0.3 is 5.97 Å². The van der Waals surface area contributed by atoms with Crippen LogP contribution in [0.1, 0.15) is 29.3 Å². The molecule has 1 amide bonds. The molecule has 2 aromatic carbocycles. The molecule has 3 rings (SSSR count). The zero-order chi connectivity index (χ0) is 23.1.